The van der Waals surface area contributed by atoms with Crippen molar-refractivity contribution in [1.29, 1.82) is 0 Å². The van der Waals surface area contributed by atoms with Crippen LogP contribution in [0.5, 0.6) is 5.75 Å². The minimum absolute atomic E-state index is 0.0759. The zero-order valence-corrected chi connectivity index (χ0v) is 16.3. The van der Waals surface area contributed by atoms with Crippen molar-refractivity contribution in [1.82, 2.24) is 10.2 Å². The lowest BCUT2D eigenvalue weighted by Gasteiger charge is -2.27. The first kappa shape index (κ1) is 20.9. The molecular formula is C20H24N2O7. The van der Waals surface area contributed by atoms with Crippen molar-refractivity contribution in [3.8, 4) is 5.75 Å². The molecule has 1 unspecified atom stereocenters. The summed E-state index contributed by atoms with van der Waals surface area (Å²) in [5, 5.41) is 2.17. The number of ether oxygens (including phenoxy) is 3. The Bertz CT molecular complexity index is 808. The SMILES string of the molecule is CCCOCCOCCOc1cccc2c1C(=O)N(C1CCC(=O)NC1=O)C2=O. The van der Waals surface area contributed by atoms with E-state index in [2.05, 4.69) is 5.32 Å². The minimum Gasteiger partial charge on any atom is -0.490 e. The van der Waals surface area contributed by atoms with E-state index >= 15 is 0 Å². The van der Waals surface area contributed by atoms with Crippen molar-refractivity contribution in [3.05, 3.63) is 29.3 Å². The fraction of sp³-hybridized carbons (Fsp3) is 0.500. The molecule has 2 aliphatic rings. The number of rotatable bonds is 10. The molecule has 2 heterocycles. The van der Waals surface area contributed by atoms with Crippen LogP contribution in [0.3, 0.4) is 0 Å². The van der Waals surface area contributed by atoms with Crippen LogP contribution in [0.25, 0.3) is 0 Å². The third-order valence-corrected chi connectivity index (χ3v) is 4.64. The number of piperidine rings is 1. The molecule has 0 bridgehead atoms. The second kappa shape index (κ2) is 9.62. The van der Waals surface area contributed by atoms with Gasteiger partial charge in [0.2, 0.25) is 11.8 Å². The zero-order chi connectivity index (χ0) is 20.8. The molecule has 0 spiro atoms. The molecule has 4 amide bonds. The molecule has 1 aromatic carbocycles. The smallest absolute Gasteiger partial charge is 0.266 e. The molecule has 1 aromatic rings. The predicted octanol–water partition coefficient (Wildman–Crippen LogP) is 0.910. The van der Waals surface area contributed by atoms with Crippen molar-refractivity contribution in [2.75, 3.05) is 33.0 Å². The molecule has 1 saturated heterocycles. The fourth-order valence-corrected chi connectivity index (χ4v) is 3.28. The Hall–Kier alpha value is -2.78. The monoisotopic (exact) mass is 404 g/mol. The van der Waals surface area contributed by atoms with Gasteiger partial charge < -0.3 is 14.2 Å². The van der Waals surface area contributed by atoms with Crippen LogP contribution in [0.1, 0.15) is 46.9 Å². The lowest BCUT2D eigenvalue weighted by Crippen LogP contribution is -2.54. The van der Waals surface area contributed by atoms with E-state index in [0.29, 0.717) is 26.4 Å². The summed E-state index contributed by atoms with van der Waals surface area (Å²) >= 11 is 0. The highest BCUT2D eigenvalue weighted by Gasteiger charge is 2.45. The average molecular weight is 404 g/mol. The van der Waals surface area contributed by atoms with Crippen molar-refractivity contribution >= 4 is 23.6 Å². The number of amides is 4. The Morgan fingerprint density at radius 2 is 1.72 bits per heavy atom. The number of nitrogens with one attached hydrogen (secondary N) is 1. The van der Waals surface area contributed by atoms with E-state index in [1.165, 1.54) is 6.07 Å². The van der Waals surface area contributed by atoms with E-state index in [9.17, 15) is 19.2 Å². The van der Waals surface area contributed by atoms with Crippen LogP contribution in [0.2, 0.25) is 0 Å². The van der Waals surface area contributed by atoms with Gasteiger partial charge in [-0.1, -0.05) is 13.0 Å². The van der Waals surface area contributed by atoms with Crippen molar-refractivity contribution in [3.63, 3.8) is 0 Å². The Morgan fingerprint density at radius 1 is 1.00 bits per heavy atom. The normalized spacial score (nSPS) is 18.8. The molecule has 0 radical (unpaired) electrons. The van der Waals surface area contributed by atoms with E-state index in [1.54, 1.807) is 12.1 Å². The van der Waals surface area contributed by atoms with Gasteiger partial charge in [-0.3, -0.25) is 29.4 Å². The summed E-state index contributed by atoms with van der Waals surface area (Å²) in [7, 11) is 0. The van der Waals surface area contributed by atoms with Gasteiger partial charge in [0, 0.05) is 13.0 Å². The molecule has 0 saturated carbocycles. The van der Waals surface area contributed by atoms with Gasteiger partial charge in [-0.05, 0) is 25.0 Å². The van der Waals surface area contributed by atoms with Gasteiger partial charge in [0.25, 0.3) is 11.8 Å². The first-order valence-corrected chi connectivity index (χ1v) is 9.67. The predicted molar refractivity (Wildman–Crippen MR) is 101 cm³/mol. The van der Waals surface area contributed by atoms with Gasteiger partial charge >= 0.3 is 0 Å². The maximum absolute atomic E-state index is 12.9. The molecule has 3 rings (SSSR count). The van der Waals surface area contributed by atoms with Crippen LogP contribution >= 0.6 is 0 Å². The van der Waals surface area contributed by atoms with E-state index in [4.69, 9.17) is 14.2 Å². The Kier molecular flexibility index (Phi) is 6.95. The maximum atomic E-state index is 12.9. The maximum Gasteiger partial charge on any atom is 0.266 e. The lowest BCUT2D eigenvalue weighted by molar-refractivity contribution is -0.136. The van der Waals surface area contributed by atoms with E-state index in [0.717, 1.165) is 11.3 Å². The van der Waals surface area contributed by atoms with Gasteiger partial charge in [0.05, 0.1) is 30.9 Å². The van der Waals surface area contributed by atoms with E-state index < -0.39 is 29.7 Å². The van der Waals surface area contributed by atoms with Crippen LogP contribution in [0.15, 0.2) is 18.2 Å². The molecule has 1 N–H and O–H groups in total. The van der Waals surface area contributed by atoms with E-state index in [1.807, 2.05) is 6.92 Å². The first-order chi connectivity index (χ1) is 14.0. The highest BCUT2D eigenvalue weighted by atomic mass is 16.5. The van der Waals surface area contributed by atoms with Crippen LogP contribution in [0, 0.1) is 0 Å². The third kappa shape index (κ3) is 4.63. The van der Waals surface area contributed by atoms with E-state index in [-0.39, 0.29) is 36.3 Å². The molecule has 1 atom stereocenters. The van der Waals surface area contributed by atoms with Crippen LogP contribution in [-0.4, -0.2) is 67.6 Å². The average Bonchev–Trinajstić information content (AvgIpc) is 2.95. The summed E-state index contributed by atoms with van der Waals surface area (Å²) in [5.74, 6) is -1.94. The molecular weight excluding hydrogens is 380 g/mol. The van der Waals surface area contributed by atoms with Crippen LogP contribution in [0.4, 0.5) is 0 Å². The minimum atomic E-state index is -1.00. The molecule has 2 aliphatic heterocycles. The van der Waals surface area contributed by atoms with Gasteiger partial charge in [0.1, 0.15) is 18.4 Å². The lowest BCUT2D eigenvalue weighted by atomic mass is 10.0. The topological polar surface area (TPSA) is 111 Å². The van der Waals surface area contributed by atoms with Crippen molar-refractivity contribution < 1.29 is 33.4 Å². The van der Waals surface area contributed by atoms with Gasteiger partial charge in [-0.25, -0.2) is 0 Å². The fourth-order valence-electron chi connectivity index (χ4n) is 3.28. The van der Waals surface area contributed by atoms with Gasteiger partial charge in [0.15, 0.2) is 0 Å². The number of nitrogens with zero attached hydrogens (tertiary/aromatic N) is 1. The summed E-state index contributed by atoms with van der Waals surface area (Å²) < 4.78 is 16.4. The molecule has 9 heteroatoms. The Morgan fingerprint density at radius 3 is 2.45 bits per heavy atom. The standard InChI is InChI=1S/C20H24N2O7/c1-2-8-27-9-10-28-11-12-29-15-5-3-4-13-17(15)20(26)22(19(13)25)14-6-7-16(23)21-18(14)24/h3-5,14H,2,6-12H2,1H3,(H,21,23,24). The number of hydrogen-bond donors (Lipinski definition) is 1. The highest BCUT2D eigenvalue weighted by Crippen LogP contribution is 2.33. The largest absolute Gasteiger partial charge is 0.490 e. The molecule has 1 fully saturated rings. The quantitative estimate of drug-likeness (QED) is 0.456. The summed E-state index contributed by atoms with van der Waals surface area (Å²) in [6.45, 7) is 4.16. The zero-order valence-electron chi connectivity index (χ0n) is 16.3. The number of fused-ring (bicyclic) bond motifs is 1. The summed E-state index contributed by atoms with van der Waals surface area (Å²) in [5.41, 5.74) is 0.319. The number of carbonyl (C=O) groups excluding carboxylic acids is 4. The number of hydrogen-bond acceptors (Lipinski definition) is 7. The van der Waals surface area contributed by atoms with Crippen LogP contribution < -0.4 is 10.1 Å². The summed E-state index contributed by atoms with van der Waals surface area (Å²) in [6, 6.07) is 3.74. The van der Waals surface area contributed by atoms with Crippen molar-refractivity contribution in [2.24, 2.45) is 0 Å². The Labute approximate surface area is 168 Å². The molecule has 0 aromatic heterocycles. The second-order valence-electron chi connectivity index (χ2n) is 6.70. The molecule has 29 heavy (non-hydrogen) atoms. The van der Waals surface area contributed by atoms with Gasteiger partial charge in [-0.2, -0.15) is 0 Å². The molecule has 0 aliphatic carbocycles. The Balaban J connectivity index is 1.61. The third-order valence-electron chi connectivity index (χ3n) is 4.64. The second-order valence-corrected chi connectivity index (χ2v) is 6.70. The van der Waals surface area contributed by atoms with Crippen LogP contribution in [-0.2, 0) is 19.1 Å². The summed E-state index contributed by atoms with van der Waals surface area (Å²) in [6.07, 6.45) is 1.14. The number of imide groups is 2. The summed E-state index contributed by atoms with van der Waals surface area (Å²) in [4.78, 5) is 50.0. The van der Waals surface area contributed by atoms with Crippen molar-refractivity contribution in [2.45, 2.75) is 32.2 Å². The molecule has 156 valence electrons. The first-order valence-electron chi connectivity index (χ1n) is 9.67. The highest BCUT2D eigenvalue weighted by molar-refractivity contribution is 6.24. The number of carbonyl (C=O) groups is 4. The molecule has 9 nitrogen and oxygen atoms in total. The van der Waals surface area contributed by atoms with Gasteiger partial charge in [-0.15, -0.1) is 0 Å². The number of benzene rings is 1.